The van der Waals surface area contributed by atoms with Crippen LogP contribution in [0.4, 0.5) is 11.4 Å². The third kappa shape index (κ3) is 8.28. The van der Waals surface area contributed by atoms with E-state index < -0.39 is 22.5 Å². The molecular formula is C31H29Cl4N3O5S. The molecule has 4 aromatic rings. The molecule has 0 spiro atoms. The van der Waals surface area contributed by atoms with E-state index in [2.05, 4.69) is 4.98 Å². The molecule has 0 amide bonds. The predicted molar refractivity (Wildman–Crippen MR) is 176 cm³/mol. The van der Waals surface area contributed by atoms with Crippen molar-refractivity contribution < 1.29 is 22.7 Å². The van der Waals surface area contributed by atoms with Gasteiger partial charge in [0.15, 0.2) is 10.3 Å². The minimum atomic E-state index is -4.11. The van der Waals surface area contributed by atoms with Crippen LogP contribution in [0.15, 0.2) is 83.8 Å². The molecule has 1 heterocycles. The molecular weight excluding hydrogens is 668 g/mol. The molecule has 0 bridgehead atoms. The number of hydrogen-bond acceptors (Lipinski definition) is 7. The van der Waals surface area contributed by atoms with E-state index in [4.69, 9.17) is 55.9 Å². The highest BCUT2D eigenvalue weighted by Gasteiger charge is 2.28. The second-order valence-corrected chi connectivity index (χ2v) is 12.9. The lowest BCUT2D eigenvalue weighted by Gasteiger charge is -2.28. The van der Waals surface area contributed by atoms with Gasteiger partial charge in [-0.05, 0) is 49.2 Å². The van der Waals surface area contributed by atoms with Crippen LogP contribution in [0.5, 0.6) is 5.75 Å². The number of carbonyl (C=O) groups is 1. The first-order valence-electron chi connectivity index (χ1n) is 13.5. The molecule has 0 fully saturated rings. The lowest BCUT2D eigenvalue weighted by molar-refractivity contribution is -0.141. The van der Waals surface area contributed by atoms with E-state index >= 15 is 0 Å². The van der Waals surface area contributed by atoms with Crippen molar-refractivity contribution in [2.45, 2.75) is 25.3 Å². The number of aromatic nitrogens is 1. The van der Waals surface area contributed by atoms with E-state index in [-0.39, 0.29) is 44.1 Å². The van der Waals surface area contributed by atoms with Gasteiger partial charge in [-0.3, -0.25) is 9.10 Å². The summed E-state index contributed by atoms with van der Waals surface area (Å²) >= 11 is 25.6. The van der Waals surface area contributed by atoms with Gasteiger partial charge in [-0.1, -0.05) is 94.9 Å². The van der Waals surface area contributed by atoms with Gasteiger partial charge < -0.3 is 14.4 Å². The van der Waals surface area contributed by atoms with Gasteiger partial charge in [0.1, 0.15) is 28.9 Å². The van der Waals surface area contributed by atoms with Crippen LogP contribution in [0.1, 0.15) is 18.1 Å². The second-order valence-electron chi connectivity index (χ2n) is 9.56. The van der Waals surface area contributed by atoms with Crippen molar-refractivity contribution in [2.24, 2.45) is 0 Å². The summed E-state index contributed by atoms with van der Waals surface area (Å²) in [5.41, 5.74) is 2.35. The van der Waals surface area contributed by atoms with Crippen LogP contribution < -0.4 is 13.9 Å². The Kier molecular flexibility index (Phi) is 11.6. The number of benzene rings is 3. The molecule has 4 rings (SSSR count). The van der Waals surface area contributed by atoms with Crippen LogP contribution >= 0.6 is 46.4 Å². The maximum Gasteiger partial charge on any atom is 0.326 e. The number of anilines is 2. The molecule has 0 aliphatic rings. The number of sulfonamides is 1. The first-order valence-corrected chi connectivity index (χ1v) is 16.4. The van der Waals surface area contributed by atoms with Gasteiger partial charge in [0.2, 0.25) is 0 Å². The molecule has 0 saturated carbocycles. The van der Waals surface area contributed by atoms with E-state index in [0.717, 1.165) is 15.4 Å². The van der Waals surface area contributed by atoms with Gasteiger partial charge >= 0.3 is 5.97 Å². The zero-order valence-electron chi connectivity index (χ0n) is 23.8. The molecule has 0 aliphatic heterocycles. The molecule has 0 atom stereocenters. The normalized spacial score (nSPS) is 11.2. The van der Waals surface area contributed by atoms with Crippen LogP contribution in [0.25, 0.3) is 0 Å². The number of halogens is 4. The van der Waals surface area contributed by atoms with Crippen molar-refractivity contribution in [3.05, 3.63) is 110 Å². The van der Waals surface area contributed by atoms with Gasteiger partial charge in [-0.15, -0.1) is 0 Å². The van der Waals surface area contributed by atoms with E-state index in [9.17, 15) is 13.2 Å². The summed E-state index contributed by atoms with van der Waals surface area (Å²) in [5, 5.41) is 0.325. The van der Waals surface area contributed by atoms with Crippen LogP contribution in [0.2, 0.25) is 20.4 Å². The molecule has 0 unspecified atom stereocenters. The average Bonchev–Trinajstić information content (AvgIpc) is 2.99. The molecule has 232 valence electrons. The van der Waals surface area contributed by atoms with E-state index in [1.807, 2.05) is 35.2 Å². The monoisotopic (exact) mass is 695 g/mol. The lowest BCUT2D eigenvalue weighted by Crippen LogP contribution is -2.36. The number of rotatable bonds is 13. The van der Waals surface area contributed by atoms with Crippen molar-refractivity contribution in [3.63, 3.8) is 0 Å². The lowest BCUT2D eigenvalue weighted by atomic mass is 10.2. The third-order valence-corrected chi connectivity index (χ3v) is 9.61. The Morgan fingerprint density at radius 3 is 2.11 bits per heavy atom. The summed E-state index contributed by atoms with van der Waals surface area (Å²) in [6.07, 6.45) is 0. The fraction of sp³-hybridized carbons (Fsp3) is 0.226. The maximum atomic E-state index is 13.7. The Morgan fingerprint density at radius 1 is 0.886 bits per heavy atom. The highest BCUT2D eigenvalue weighted by atomic mass is 35.5. The van der Waals surface area contributed by atoms with Crippen LogP contribution in [0.3, 0.4) is 0 Å². The Balaban J connectivity index is 1.63. The summed E-state index contributed by atoms with van der Waals surface area (Å²) in [7, 11) is -4.11. The third-order valence-electron chi connectivity index (χ3n) is 6.37. The van der Waals surface area contributed by atoms with Crippen molar-refractivity contribution in [2.75, 3.05) is 35.5 Å². The zero-order valence-corrected chi connectivity index (χ0v) is 27.7. The topological polar surface area (TPSA) is 89.0 Å². The van der Waals surface area contributed by atoms with Gasteiger partial charge in [0.25, 0.3) is 10.0 Å². The quantitative estimate of drug-likeness (QED) is 0.104. The number of carbonyl (C=O) groups excluding carboxylic acids is 1. The average molecular weight is 697 g/mol. The standard InChI is InChI=1S/C31H29Cl4N3O5S/c1-3-42-26(39)20-38(44(40,41)25-12-8-5-9-13-25)23-16-21(2)17-24(18-23)43-15-14-37(19-22-10-6-4-7-11-22)29-27(32)30(34)36-31(35)28(29)33/h4-13,16-18H,3,14-15,19-20H2,1-2H3. The molecule has 0 saturated heterocycles. The SMILES string of the molecule is CCOC(=O)CN(c1cc(C)cc(OCCN(Cc2ccccc2)c2c(Cl)c(Cl)nc(Cl)c2Cl)c1)S(=O)(=O)c1ccccc1. The number of esters is 1. The molecule has 13 heteroatoms. The van der Waals surface area contributed by atoms with Crippen LogP contribution in [-0.4, -0.2) is 45.7 Å². The maximum absolute atomic E-state index is 13.7. The fourth-order valence-corrected chi connectivity index (χ4v) is 6.78. The highest BCUT2D eigenvalue weighted by molar-refractivity contribution is 7.92. The highest BCUT2D eigenvalue weighted by Crippen LogP contribution is 2.42. The Morgan fingerprint density at radius 2 is 1.50 bits per heavy atom. The number of nitrogens with zero attached hydrogens (tertiary/aromatic N) is 3. The first-order chi connectivity index (χ1) is 21.0. The van der Waals surface area contributed by atoms with E-state index in [0.29, 0.717) is 24.5 Å². The van der Waals surface area contributed by atoms with Crippen LogP contribution in [-0.2, 0) is 26.1 Å². The minimum absolute atomic E-state index is 0.0136. The van der Waals surface area contributed by atoms with Gasteiger partial charge in [-0.2, -0.15) is 0 Å². The molecule has 1 aromatic heterocycles. The summed E-state index contributed by atoms with van der Waals surface area (Å²) < 4.78 is 39.6. The van der Waals surface area contributed by atoms with E-state index in [1.165, 1.54) is 12.1 Å². The molecule has 44 heavy (non-hydrogen) atoms. The fourth-order valence-electron chi connectivity index (χ4n) is 4.42. The molecule has 0 N–H and O–H groups in total. The van der Waals surface area contributed by atoms with Gasteiger partial charge in [0, 0.05) is 12.6 Å². The number of pyridine rings is 1. The smallest absolute Gasteiger partial charge is 0.326 e. The second kappa shape index (κ2) is 15.2. The molecule has 0 radical (unpaired) electrons. The summed E-state index contributed by atoms with van der Waals surface area (Å²) in [6.45, 7) is 3.90. The van der Waals surface area contributed by atoms with E-state index in [1.54, 1.807) is 50.2 Å². The molecule has 8 nitrogen and oxygen atoms in total. The summed E-state index contributed by atoms with van der Waals surface area (Å²) in [6, 6.07) is 22.5. The predicted octanol–water partition coefficient (Wildman–Crippen LogP) is 7.85. The number of hydrogen-bond donors (Lipinski definition) is 0. The number of ether oxygens (including phenoxy) is 2. The molecule has 3 aromatic carbocycles. The number of aryl methyl sites for hydroxylation is 1. The Hall–Kier alpha value is -3.21. The summed E-state index contributed by atoms with van der Waals surface area (Å²) in [5.74, 6) is -0.296. The first kappa shape index (κ1) is 33.7. The minimum Gasteiger partial charge on any atom is -0.492 e. The molecule has 0 aliphatic carbocycles. The Bertz CT molecular complexity index is 1680. The van der Waals surface area contributed by atoms with Crippen molar-refractivity contribution >= 4 is 73.8 Å². The van der Waals surface area contributed by atoms with Crippen molar-refractivity contribution in [3.8, 4) is 5.75 Å². The van der Waals surface area contributed by atoms with Crippen molar-refractivity contribution in [1.82, 2.24) is 4.98 Å². The van der Waals surface area contributed by atoms with Gasteiger partial charge in [-0.25, -0.2) is 13.4 Å². The zero-order chi connectivity index (χ0) is 31.9. The van der Waals surface area contributed by atoms with Crippen LogP contribution in [0, 0.1) is 6.92 Å². The van der Waals surface area contributed by atoms with Crippen molar-refractivity contribution in [1.29, 1.82) is 0 Å². The Labute approximate surface area is 277 Å². The summed E-state index contributed by atoms with van der Waals surface area (Å²) in [4.78, 5) is 18.4. The largest absolute Gasteiger partial charge is 0.492 e. The van der Waals surface area contributed by atoms with Gasteiger partial charge in [0.05, 0.1) is 29.4 Å².